The average Bonchev–Trinajstić information content (AvgIpc) is 2.60. The minimum absolute atomic E-state index is 0.668. The van der Waals surface area contributed by atoms with Gasteiger partial charge in [-0.25, -0.2) is 0 Å². The summed E-state index contributed by atoms with van der Waals surface area (Å²) in [6, 6.07) is 24.9. The van der Waals surface area contributed by atoms with Gasteiger partial charge in [0.25, 0.3) is 0 Å². The molecule has 0 heteroatoms. The normalized spacial score (nSPS) is 12.3. The second-order valence-corrected chi connectivity index (χ2v) is 7.31. The minimum Gasteiger partial charge on any atom is -0.0625 e. The zero-order chi connectivity index (χ0) is 16.3. The molecule has 0 aliphatic rings. The number of rotatable bonds is 2. The van der Waals surface area contributed by atoms with E-state index in [-0.39, 0.29) is 0 Å². The summed E-state index contributed by atoms with van der Waals surface area (Å²) in [5, 5.41) is 11.1. The average molecular weight is 308 g/mol. The molecule has 0 saturated heterocycles. The third-order valence-electron chi connectivity index (χ3n) is 5.24. The highest BCUT2D eigenvalue weighted by Gasteiger charge is 2.14. The molecule has 0 atom stereocenters. The van der Waals surface area contributed by atoms with Crippen LogP contribution in [-0.2, 0) is 6.42 Å². The Morgan fingerprint density at radius 1 is 0.583 bits per heavy atom. The molecular weight excluding hydrogens is 288 g/mol. The Hall–Kier alpha value is -2.60. The van der Waals surface area contributed by atoms with Crippen LogP contribution in [0.2, 0.25) is 0 Å². The predicted octanol–water partition coefficient (Wildman–Crippen LogP) is 6.94. The van der Waals surface area contributed by atoms with Gasteiger partial charge in [0.05, 0.1) is 0 Å². The summed E-state index contributed by atoms with van der Waals surface area (Å²) in [5.74, 6) is 0.668. The molecule has 5 rings (SSSR count). The summed E-state index contributed by atoms with van der Waals surface area (Å²) < 4.78 is 0. The standard InChI is InChI=1S/C24H20/c1-15(2)14-17-12-13-22-20-10-4-7-16-6-3-9-19(23(16)20)21-11-5-8-18(17)24(21)22/h3-13,15H,14H2,1-2H3. The molecule has 0 unspecified atom stereocenters. The molecule has 5 aromatic rings. The molecule has 5 aromatic carbocycles. The summed E-state index contributed by atoms with van der Waals surface area (Å²) in [5.41, 5.74) is 1.47. The van der Waals surface area contributed by atoms with Crippen LogP contribution in [0.25, 0.3) is 43.1 Å². The lowest BCUT2D eigenvalue weighted by Crippen LogP contribution is -1.96. The number of fused-ring (bicyclic) bond motifs is 2. The first kappa shape index (κ1) is 13.8. The Kier molecular flexibility index (Phi) is 2.84. The van der Waals surface area contributed by atoms with Gasteiger partial charge < -0.3 is 0 Å². The molecule has 0 N–H and O–H groups in total. The summed E-state index contributed by atoms with van der Waals surface area (Å²) >= 11 is 0. The third kappa shape index (κ3) is 1.80. The Labute approximate surface area is 142 Å². The SMILES string of the molecule is CC(C)Cc1ccc2c3cccc4cccc(c5cccc1c52)c43. The van der Waals surface area contributed by atoms with Crippen molar-refractivity contribution < 1.29 is 0 Å². The fourth-order valence-electron chi connectivity index (χ4n) is 4.32. The van der Waals surface area contributed by atoms with Crippen molar-refractivity contribution in [3.63, 3.8) is 0 Å². The number of hydrogen-bond acceptors (Lipinski definition) is 0. The molecule has 0 saturated carbocycles. The second-order valence-electron chi connectivity index (χ2n) is 7.31. The highest BCUT2D eigenvalue weighted by Crippen LogP contribution is 2.41. The van der Waals surface area contributed by atoms with E-state index in [1.54, 1.807) is 0 Å². The maximum Gasteiger partial charge on any atom is -0.00236 e. The smallest absolute Gasteiger partial charge is 0.00236 e. The van der Waals surface area contributed by atoms with E-state index >= 15 is 0 Å². The van der Waals surface area contributed by atoms with Gasteiger partial charge in [0.15, 0.2) is 0 Å². The van der Waals surface area contributed by atoms with Crippen molar-refractivity contribution in [3.05, 3.63) is 72.3 Å². The van der Waals surface area contributed by atoms with Gasteiger partial charge in [-0.15, -0.1) is 0 Å². The molecule has 0 aliphatic heterocycles. The lowest BCUT2D eigenvalue weighted by molar-refractivity contribution is 0.650. The quantitative estimate of drug-likeness (QED) is 0.245. The van der Waals surface area contributed by atoms with E-state index in [1.165, 1.54) is 48.7 Å². The van der Waals surface area contributed by atoms with Crippen LogP contribution < -0.4 is 0 Å². The minimum atomic E-state index is 0.668. The zero-order valence-electron chi connectivity index (χ0n) is 14.1. The van der Waals surface area contributed by atoms with Crippen molar-refractivity contribution in [1.82, 2.24) is 0 Å². The van der Waals surface area contributed by atoms with Crippen LogP contribution in [0.15, 0.2) is 66.7 Å². The van der Waals surface area contributed by atoms with Crippen LogP contribution in [0.3, 0.4) is 0 Å². The van der Waals surface area contributed by atoms with Gasteiger partial charge in [0, 0.05) is 0 Å². The van der Waals surface area contributed by atoms with Crippen LogP contribution in [0.4, 0.5) is 0 Å². The van der Waals surface area contributed by atoms with Crippen LogP contribution in [0, 0.1) is 5.92 Å². The number of benzene rings is 5. The fourth-order valence-corrected chi connectivity index (χ4v) is 4.32. The molecule has 0 bridgehead atoms. The Morgan fingerprint density at radius 3 is 1.79 bits per heavy atom. The lowest BCUT2D eigenvalue weighted by atomic mass is 9.87. The monoisotopic (exact) mass is 308 g/mol. The summed E-state index contributed by atoms with van der Waals surface area (Å²) in [4.78, 5) is 0. The van der Waals surface area contributed by atoms with Crippen molar-refractivity contribution in [2.75, 3.05) is 0 Å². The van der Waals surface area contributed by atoms with E-state index in [0.717, 1.165) is 6.42 Å². The van der Waals surface area contributed by atoms with Gasteiger partial charge >= 0.3 is 0 Å². The molecule has 0 heterocycles. The van der Waals surface area contributed by atoms with Gasteiger partial charge in [-0.2, -0.15) is 0 Å². The molecule has 0 amide bonds. The maximum absolute atomic E-state index is 2.34. The first-order valence-electron chi connectivity index (χ1n) is 8.81. The van der Waals surface area contributed by atoms with Crippen LogP contribution in [0.1, 0.15) is 19.4 Å². The van der Waals surface area contributed by atoms with Crippen LogP contribution in [0.5, 0.6) is 0 Å². The van der Waals surface area contributed by atoms with Gasteiger partial charge in [-0.1, -0.05) is 80.6 Å². The summed E-state index contributed by atoms with van der Waals surface area (Å²) in [6.07, 6.45) is 1.13. The molecule has 0 aromatic heterocycles. The molecule has 0 spiro atoms. The van der Waals surface area contributed by atoms with Gasteiger partial charge in [0.2, 0.25) is 0 Å². The first-order chi connectivity index (χ1) is 11.7. The summed E-state index contributed by atoms with van der Waals surface area (Å²) in [7, 11) is 0. The molecule has 24 heavy (non-hydrogen) atoms. The van der Waals surface area contributed by atoms with E-state index in [4.69, 9.17) is 0 Å². The van der Waals surface area contributed by atoms with Gasteiger partial charge in [-0.3, -0.25) is 0 Å². The van der Waals surface area contributed by atoms with Crippen molar-refractivity contribution in [3.8, 4) is 0 Å². The first-order valence-corrected chi connectivity index (χ1v) is 8.81. The largest absolute Gasteiger partial charge is 0.0625 e. The van der Waals surface area contributed by atoms with Crippen molar-refractivity contribution >= 4 is 43.1 Å². The fraction of sp³-hybridized carbons (Fsp3) is 0.167. The van der Waals surface area contributed by atoms with E-state index in [9.17, 15) is 0 Å². The van der Waals surface area contributed by atoms with Crippen LogP contribution in [-0.4, -0.2) is 0 Å². The second kappa shape index (κ2) is 4.95. The molecule has 0 fully saturated rings. The van der Waals surface area contributed by atoms with E-state index in [2.05, 4.69) is 80.6 Å². The highest BCUT2D eigenvalue weighted by atomic mass is 14.2. The Balaban J connectivity index is 2.07. The Bertz CT molecular complexity index is 1140. The molecular formula is C24H20. The highest BCUT2D eigenvalue weighted by molar-refractivity contribution is 6.33. The molecule has 0 nitrogen and oxygen atoms in total. The van der Waals surface area contributed by atoms with Crippen LogP contribution >= 0.6 is 0 Å². The van der Waals surface area contributed by atoms with E-state index < -0.39 is 0 Å². The van der Waals surface area contributed by atoms with E-state index in [1.807, 2.05) is 0 Å². The van der Waals surface area contributed by atoms with E-state index in [0.29, 0.717) is 5.92 Å². The predicted molar refractivity (Wildman–Crippen MR) is 106 cm³/mol. The third-order valence-corrected chi connectivity index (χ3v) is 5.24. The molecule has 0 aliphatic carbocycles. The zero-order valence-corrected chi connectivity index (χ0v) is 14.1. The van der Waals surface area contributed by atoms with Gasteiger partial charge in [-0.05, 0) is 61.0 Å². The van der Waals surface area contributed by atoms with Gasteiger partial charge in [0.1, 0.15) is 0 Å². The topological polar surface area (TPSA) is 0 Å². The summed E-state index contributed by atoms with van der Waals surface area (Å²) in [6.45, 7) is 4.59. The molecule has 116 valence electrons. The van der Waals surface area contributed by atoms with Crippen molar-refractivity contribution in [2.45, 2.75) is 20.3 Å². The molecule has 0 radical (unpaired) electrons. The van der Waals surface area contributed by atoms with Crippen molar-refractivity contribution in [2.24, 2.45) is 5.92 Å². The Morgan fingerprint density at radius 2 is 1.12 bits per heavy atom. The number of hydrogen-bond donors (Lipinski definition) is 0. The van der Waals surface area contributed by atoms with Crippen molar-refractivity contribution in [1.29, 1.82) is 0 Å². The maximum atomic E-state index is 2.34. The lowest BCUT2D eigenvalue weighted by Gasteiger charge is -2.17.